The first-order valence-corrected chi connectivity index (χ1v) is 5.36. The van der Waals surface area contributed by atoms with Crippen molar-refractivity contribution >= 4 is 17.5 Å². The van der Waals surface area contributed by atoms with Crippen LogP contribution in [0.1, 0.15) is 15.9 Å². The summed E-state index contributed by atoms with van der Waals surface area (Å²) in [5.41, 5.74) is 3.77. The molecule has 0 saturated heterocycles. The smallest absolute Gasteiger partial charge is 0.260 e. The first-order valence-electron chi connectivity index (χ1n) is 5.36. The lowest BCUT2D eigenvalue weighted by molar-refractivity contribution is 0.102. The Morgan fingerprint density at radius 2 is 2.11 bits per heavy atom. The van der Waals surface area contributed by atoms with Crippen molar-refractivity contribution < 1.29 is 4.79 Å². The number of rotatable bonds is 3. The monoisotopic (exact) mass is 243 g/mol. The lowest BCUT2D eigenvalue weighted by Gasteiger charge is -2.07. The van der Waals surface area contributed by atoms with Crippen LogP contribution in [-0.4, -0.2) is 15.9 Å². The number of hydrogen-bond donors (Lipinski definition) is 3. The van der Waals surface area contributed by atoms with Crippen LogP contribution < -0.4 is 16.6 Å². The molecule has 0 aliphatic carbocycles. The van der Waals surface area contributed by atoms with Gasteiger partial charge < -0.3 is 10.7 Å². The zero-order valence-electron chi connectivity index (χ0n) is 9.84. The van der Waals surface area contributed by atoms with Gasteiger partial charge in [0, 0.05) is 12.4 Å². The van der Waals surface area contributed by atoms with Crippen molar-refractivity contribution in [3.05, 3.63) is 47.8 Å². The second-order valence-corrected chi connectivity index (χ2v) is 3.72. The van der Waals surface area contributed by atoms with Crippen LogP contribution in [0.2, 0.25) is 0 Å². The van der Waals surface area contributed by atoms with E-state index in [4.69, 9.17) is 5.84 Å². The first-order chi connectivity index (χ1) is 8.70. The van der Waals surface area contributed by atoms with E-state index in [1.807, 2.05) is 13.0 Å². The van der Waals surface area contributed by atoms with Gasteiger partial charge in [0.25, 0.3) is 5.91 Å². The fourth-order valence-corrected chi connectivity index (χ4v) is 1.43. The first kappa shape index (κ1) is 12.0. The summed E-state index contributed by atoms with van der Waals surface area (Å²) in [5, 5.41) is 2.67. The predicted molar refractivity (Wildman–Crippen MR) is 69.0 cm³/mol. The summed E-state index contributed by atoms with van der Waals surface area (Å²) in [5.74, 6) is 5.79. The highest BCUT2D eigenvalue weighted by molar-refractivity contribution is 6.06. The van der Waals surface area contributed by atoms with Gasteiger partial charge in [0.15, 0.2) is 5.82 Å². The van der Waals surface area contributed by atoms with Crippen molar-refractivity contribution in [2.75, 3.05) is 10.7 Å². The van der Waals surface area contributed by atoms with Gasteiger partial charge in [0.1, 0.15) is 5.82 Å². The molecule has 92 valence electrons. The van der Waals surface area contributed by atoms with Gasteiger partial charge in [-0.15, -0.1) is 0 Å². The summed E-state index contributed by atoms with van der Waals surface area (Å²) >= 11 is 0. The number of nitrogen functional groups attached to an aromatic ring is 1. The molecule has 2 aromatic rings. The van der Waals surface area contributed by atoms with Crippen LogP contribution >= 0.6 is 0 Å². The van der Waals surface area contributed by atoms with Crippen LogP contribution in [0.15, 0.2) is 36.7 Å². The SMILES string of the molecule is Cc1ccc(NC(=O)c2cccnc2NN)nc1. The highest BCUT2D eigenvalue weighted by Gasteiger charge is 2.11. The number of anilines is 2. The van der Waals surface area contributed by atoms with E-state index in [1.165, 1.54) is 0 Å². The summed E-state index contributed by atoms with van der Waals surface area (Å²) in [6, 6.07) is 6.90. The number of amides is 1. The van der Waals surface area contributed by atoms with Gasteiger partial charge in [-0.05, 0) is 30.7 Å². The molecule has 2 heterocycles. The number of hydrazine groups is 1. The van der Waals surface area contributed by atoms with E-state index in [1.54, 1.807) is 30.6 Å². The van der Waals surface area contributed by atoms with Crippen molar-refractivity contribution in [3.8, 4) is 0 Å². The standard InChI is InChI=1S/C12H13N5O/c1-8-4-5-10(15-7-8)16-12(18)9-3-2-6-14-11(9)17-13/h2-7H,13H2,1H3,(H,14,17)(H,15,16,18). The number of aryl methyl sites for hydroxylation is 1. The summed E-state index contributed by atoms with van der Waals surface area (Å²) in [4.78, 5) is 20.0. The minimum absolute atomic E-state index is 0.313. The molecule has 0 bridgehead atoms. The average Bonchev–Trinajstić information content (AvgIpc) is 2.41. The molecule has 0 saturated carbocycles. The minimum atomic E-state index is -0.313. The van der Waals surface area contributed by atoms with Crippen LogP contribution in [0.25, 0.3) is 0 Å². The molecule has 0 aliphatic heterocycles. The van der Waals surface area contributed by atoms with Gasteiger partial charge >= 0.3 is 0 Å². The van der Waals surface area contributed by atoms with Crippen molar-refractivity contribution in [1.82, 2.24) is 9.97 Å². The van der Waals surface area contributed by atoms with E-state index in [9.17, 15) is 4.79 Å². The van der Waals surface area contributed by atoms with Gasteiger partial charge in [0.05, 0.1) is 5.56 Å². The quantitative estimate of drug-likeness (QED) is 0.558. The van der Waals surface area contributed by atoms with Crippen LogP contribution in [0.4, 0.5) is 11.6 Å². The van der Waals surface area contributed by atoms with Gasteiger partial charge in [-0.1, -0.05) is 6.07 Å². The average molecular weight is 243 g/mol. The molecule has 0 aromatic carbocycles. The highest BCUT2D eigenvalue weighted by Crippen LogP contribution is 2.12. The summed E-state index contributed by atoms with van der Waals surface area (Å²) < 4.78 is 0. The summed E-state index contributed by atoms with van der Waals surface area (Å²) in [7, 11) is 0. The molecule has 0 spiro atoms. The number of nitrogens with two attached hydrogens (primary N) is 1. The normalized spacial score (nSPS) is 9.89. The molecule has 0 aliphatic rings. The third kappa shape index (κ3) is 2.61. The van der Waals surface area contributed by atoms with Crippen molar-refractivity contribution in [2.45, 2.75) is 6.92 Å². The molecule has 2 aromatic heterocycles. The molecule has 18 heavy (non-hydrogen) atoms. The van der Waals surface area contributed by atoms with Gasteiger partial charge in [-0.25, -0.2) is 15.8 Å². The maximum Gasteiger partial charge on any atom is 0.260 e. The van der Waals surface area contributed by atoms with Crippen LogP contribution in [-0.2, 0) is 0 Å². The Labute approximate surface area is 104 Å². The Morgan fingerprint density at radius 1 is 1.28 bits per heavy atom. The topological polar surface area (TPSA) is 92.9 Å². The largest absolute Gasteiger partial charge is 0.308 e. The molecule has 1 amide bonds. The Morgan fingerprint density at radius 3 is 2.78 bits per heavy atom. The molecular formula is C12H13N5O. The molecule has 4 N–H and O–H groups in total. The summed E-state index contributed by atoms with van der Waals surface area (Å²) in [6.45, 7) is 1.93. The fourth-order valence-electron chi connectivity index (χ4n) is 1.43. The second kappa shape index (κ2) is 5.24. The third-order valence-electron chi connectivity index (χ3n) is 2.34. The number of carbonyl (C=O) groups excluding carboxylic acids is 1. The number of pyridine rings is 2. The fraction of sp³-hybridized carbons (Fsp3) is 0.0833. The van der Waals surface area contributed by atoms with Crippen molar-refractivity contribution in [2.24, 2.45) is 5.84 Å². The Bertz CT molecular complexity index is 553. The summed E-state index contributed by atoms with van der Waals surface area (Å²) in [6.07, 6.45) is 3.23. The van der Waals surface area contributed by atoms with Gasteiger partial charge in [-0.2, -0.15) is 0 Å². The van der Waals surface area contributed by atoms with Crippen LogP contribution in [0.5, 0.6) is 0 Å². The van der Waals surface area contributed by atoms with Gasteiger partial charge in [0.2, 0.25) is 0 Å². The molecule has 6 nitrogen and oxygen atoms in total. The molecule has 0 atom stereocenters. The third-order valence-corrected chi connectivity index (χ3v) is 2.34. The van der Waals surface area contributed by atoms with E-state index >= 15 is 0 Å². The molecule has 2 rings (SSSR count). The molecule has 6 heteroatoms. The maximum absolute atomic E-state index is 12.0. The molecule has 0 unspecified atom stereocenters. The van der Waals surface area contributed by atoms with E-state index in [0.29, 0.717) is 17.2 Å². The molecule has 0 radical (unpaired) electrons. The van der Waals surface area contributed by atoms with Crippen LogP contribution in [0.3, 0.4) is 0 Å². The number of nitrogens with zero attached hydrogens (tertiary/aromatic N) is 2. The second-order valence-electron chi connectivity index (χ2n) is 3.72. The number of nitrogens with one attached hydrogen (secondary N) is 2. The van der Waals surface area contributed by atoms with Crippen molar-refractivity contribution in [3.63, 3.8) is 0 Å². The Kier molecular flexibility index (Phi) is 3.49. The lowest BCUT2D eigenvalue weighted by atomic mass is 10.2. The highest BCUT2D eigenvalue weighted by atomic mass is 16.1. The Hall–Kier alpha value is -2.47. The zero-order valence-corrected chi connectivity index (χ0v) is 9.84. The lowest BCUT2D eigenvalue weighted by Crippen LogP contribution is -2.18. The van der Waals surface area contributed by atoms with E-state index in [2.05, 4.69) is 20.7 Å². The molecular weight excluding hydrogens is 230 g/mol. The van der Waals surface area contributed by atoms with E-state index < -0.39 is 0 Å². The zero-order chi connectivity index (χ0) is 13.0. The maximum atomic E-state index is 12.0. The van der Waals surface area contributed by atoms with Crippen molar-refractivity contribution in [1.29, 1.82) is 0 Å². The molecule has 0 fully saturated rings. The number of hydrogen-bond acceptors (Lipinski definition) is 5. The van der Waals surface area contributed by atoms with E-state index in [-0.39, 0.29) is 5.91 Å². The van der Waals surface area contributed by atoms with Crippen LogP contribution in [0, 0.1) is 6.92 Å². The predicted octanol–water partition coefficient (Wildman–Crippen LogP) is 1.32. The Balaban J connectivity index is 2.19. The number of aromatic nitrogens is 2. The number of carbonyl (C=O) groups is 1. The van der Waals surface area contributed by atoms with E-state index in [0.717, 1.165) is 5.56 Å². The minimum Gasteiger partial charge on any atom is -0.308 e. The van der Waals surface area contributed by atoms with Gasteiger partial charge in [-0.3, -0.25) is 4.79 Å².